The fourth-order valence-corrected chi connectivity index (χ4v) is 3.74. The van der Waals surface area contributed by atoms with E-state index in [9.17, 15) is 26.4 Å². The first-order valence-corrected chi connectivity index (χ1v) is 9.54. The molecule has 0 bridgehead atoms. The van der Waals surface area contributed by atoms with E-state index in [1.165, 1.54) is 4.90 Å². The predicted octanol–water partition coefficient (Wildman–Crippen LogP) is 2.46. The predicted molar refractivity (Wildman–Crippen MR) is 91.0 cm³/mol. The van der Waals surface area contributed by atoms with Crippen molar-refractivity contribution in [3.05, 3.63) is 59.4 Å². The van der Waals surface area contributed by atoms with Crippen LogP contribution in [0.15, 0.2) is 36.4 Å². The number of carbonyl (C=O) groups excluding carboxylic acids is 1. The lowest BCUT2D eigenvalue weighted by Gasteiger charge is -2.25. The molecule has 1 amide bonds. The third-order valence-corrected chi connectivity index (χ3v) is 5.28. The van der Waals surface area contributed by atoms with Gasteiger partial charge < -0.3 is 4.90 Å². The fourth-order valence-electron chi connectivity index (χ4n) is 2.89. The van der Waals surface area contributed by atoms with Gasteiger partial charge in [0.15, 0.2) is 17.5 Å². The summed E-state index contributed by atoms with van der Waals surface area (Å²) in [4.78, 5) is 14.0. The van der Waals surface area contributed by atoms with Crippen molar-refractivity contribution in [2.75, 3.05) is 28.6 Å². The van der Waals surface area contributed by atoms with Gasteiger partial charge in [0.25, 0.3) is 0 Å². The number of fused-ring (bicyclic) bond motifs is 1. The van der Waals surface area contributed by atoms with Gasteiger partial charge in [0.2, 0.25) is 15.9 Å². The maximum absolute atomic E-state index is 14.1. The summed E-state index contributed by atoms with van der Waals surface area (Å²) in [5.41, 5.74) is 0.870. The van der Waals surface area contributed by atoms with Crippen molar-refractivity contribution >= 4 is 27.3 Å². The number of para-hydroxylation sites is 1. The number of benzene rings is 2. The van der Waals surface area contributed by atoms with Crippen LogP contribution in [0.25, 0.3) is 0 Å². The van der Waals surface area contributed by atoms with Crippen molar-refractivity contribution in [2.24, 2.45) is 0 Å². The lowest BCUT2D eigenvalue weighted by atomic mass is 10.2. The minimum Gasteiger partial charge on any atom is -0.310 e. The first-order valence-electron chi connectivity index (χ1n) is 7.69. The Morgan fingerprint density at radius 1 is 1.12 bits per heavy atom. The molecular formula is C17H15F3N2O3S. The average Bonchev–Trinajstić information content (AvgIpc) is 3.01. The van der Waals surface area contributed by atoms with E-state index in [0.29, 0.717) is 29.0 Å². The molecule has 0 fully saturated rings. The van der Waals surface area contributed by atoms with Gasteiger partial charge in [-0.15, -0.1) is 0 Å². The molecule has 1 heterocycles. The Labute approximate surface area is 148 Å². The Bertz CT molecular complexity index is 979. The normalized spacial score (nSPS) is 13.6. The highest BCUT2D eigenvalue weighted by atomic mass is 32.2. The average molecular weight is 384 g/mol. The molecule has 0 atom stereocenters. The van der Waals surface area contributed by atoms with Crippen LogP contribution in [0.5, 0.6) is 0 Å². The maximum atomic E-state index is 14.1. The Morgan fingerprint density at radius 2 is 1.81 bits per heavy atom. The summed E-state index contributed by atoms with van der Waals surface area (Å²) in [6.45, 7) is -0.370. The summed E-state index contributed by atoms with van der Waals surface area (Å²) in [7, 11) is -4.12. The minimum atomic E-state index is -4.12. The van der Waals surface area contributed by atoms with Crippen LogP contribution in [0.1, 0.15) is 5.56 Å². The van der Waals surface area contributed by atoms with Crippen molar-refractivity contribution in [1.82, 2.24) is 0 Å². The summed E-state index contributed by atoms with van der Waals surface area (Å²) >= 11 is 0. The van der Waals surface area contributed by atoms with Crippen LogP contribution in [0, 0.1) is 17.5 Å². The lowest BCUT2D eigenvalue weighted by Crippen LogP contribution is -2.42. The molecule has 0 saturated heterocycles. The number of carbonyl (C=O) groups is 1. The monoisotopic (exact) mass is 384 g/mol. The van der Waals surface area contributed by atoms with Crippen molar-refractivity contribution in [3.8, 4) is 0 Å². The molecule has 5 nitrogen and oxygen atoms in total. The molecular weight excluding hydrogens is 369 g/mol. The van der Waals surface area contributed by atoms with Crippen molar-refractivity contribution < 1.29 is 26.4 Å². The Morgan fingerprint density at radius 3 is 2.50 bits per heavy atom. The fraction of sp³-hybridized carbons (Fsp3) is 0.235. The Balaban J connectivity index is 1.94. The molecule has 3 rings (SSSR count). The van der Waals surface area contributed by atoms with E-state index >= 15 is 0 Å². The van der Waals surface area contributed by atoms with E-state index in [2.05, 4.69) is 0 Å². The second-order valence-corrected chi connectivity index (χ2v) is 7.80. The van der Waals surface area contributed by atoms with Crippen LogP contribution >= 0.6 is 0 Å². The van der Waals surface area contributed by atoms with E-state index in [1.54, 1.807) is 12.1 Å². The van der Waals surface area contributed by atoms with E-state index in [1.807, 2.05) is 12.1 Å². The Kier molecular flexibility index (Phi) is 4.66. The van der Waals surface area contributed by atoms with Gasteiger partial charge in [0, 0.05) is 12.2 Å². The number of amides is 1. The van der Waals surface area contributed by atoms with Crippen LogP contribution in [0.4, 0.5) is 24.5 Å². The zero-order valence-electron chi connectivity index (χ0n) is 13.7. The van der Waals surface area contributed by atoms with Gasteiger partial charge in [-0.3, -0.25) is 9.10 Å². The van der Waals surface area contributed by atoms with Gasteiger partial charge in [-0.05, 0) is 30.2 Å². The highest BCUT2D eigenvalue weighted by molar-refractivity contribution is 7.92. The number of sulfonamides is 1. The molecule has 0 N–H and O–H groups in total. The molecule has 0 aromatic heterocycles. The zero-order chi connectivity index (χ0) is 19.1. The van der Waals surface area contributed by atoms with Crippen molar-refractivity contribution in [1.29, 1.82) is 0 Å². The van der Waals surface area contributed by atoms with Crippen LogP contribution in [0.3, 0.4) is 0 Å². The lowest BCUT2D eigenvalue weighted by molar-refractivity contribution is -0.117. The largest absolute Gasteiger partial charge is 0.310 e. The van der Waals surface area contributed by atoms with Crippen LogP contribution in [0.2, 0.25) is 0 Å². The molecule has 0 saturated carbocycles. The summed E-state index contributed by atoms with van der Waals surface area (Å²) in [6, 6.07) is 8.55. The molecule has 0 radical (unpaired) electrons. The van der Waals surface area contributed by atoms with Gasteiger partial charge in [-0.25, -0.2) is 21.6 Å². The van der Waals surface area contributed by atoms with Gasteiger partial charge in [0.05, 0.1) is 11.9 Å². The molecule has 1 aliphatic rings. The number of anilines is 2. The first kappa shape index (κ1) is 18.2. The number of rotatable bonds is 4. The van der Waals surface area contributed by atoms with Crippen LogP contribution in [-0.4, -0.2) is 33.7 Å². The molecule has 2 aromatic rings. The maximum Gasteiger partial charge on any atom is 0.247 e. The third kappa shape index (κ3) is 3.26. The number of hydrogen-bond donors (Lipinski definition) is 0. The van der Waals surface area contributed by atoms with Crippen LogP contribution in [-0.2, 0) is 21.2 Å². The van der Waals surface area contributed by atoms with E-state index in [4.69, 9.17) is 0 Å². The SMILES string of the molecule is CS(=O)(=O)N(CC(=O)N1CCc2ccccc21)c1ccc(F)c(F)c1F. The topological polar surface area (TPSA) is 57.7 Å². The molecule has 2 aromatic carbocycles. The summed E-state index contributed by atoms with van der Waals surface area (Å²) in [5.74, 6) is -5.50. The zero-order valence-corrected chi connectivity index (χ0v) is 14.6. The van der Waals surface area contributed by atoms with Crippen molar-refractivity contribution in [2.45, 2.75) is 6.42 Å². The number of nitrogens with zero attached hydrogens (tertiary/aromatic N) is 2. The summed E-state index contributed by atoms with van der Waals surface area (Å²) in [5, 5.41) is 0. The second-order valence-electron chi connectivity index (χ2n) is 5.89. The van der Waals surface area contributed by atoms with Gasteiger partial charge in [-0.1, -0.05) is 18.2 Å². The molecule has 26 heavy (non-hydrogen) atoms. The van der Waals surface area contributed by atoms with Crippen molar-refractivity contribution in [3.63, 3.8) is 0 Å². The minimum absolute atomic E-state index is 0.357. The van der Waals surface area contributed by atoms with Gasteiger partial charge in [-0.2, -0.15) is 0 Å². The third-order valence-electron chi connectivity index (χ3n) is 4.15. The summed E-state index contributed by atoms with van der Waals surface area (Å²) < 4.78 is 65.2. The van der Waals surface area contributed by atoms with E-state index in [-0.39, 0.29) is 0 Å². The first-order chi connectivity index (χ1) is 12.2. The van der Waals surface area contributed by atoms with Gasteiger partial charge in [0.1, 0.15) is 6.54 Å². The second kappa shape index (κ2) is 6.64. The molecule has 0 aliphatic carbocycles. The standard InChI is InChI=1S/C17H15F3N2O3S/c1-26(24,25)22(14-7-6-12(18)16(19)17(14)20)10-15(23)21-9-8-11-4-2-3-5-13(11)21/h2-7H,8-10H2,1H3. The van der Waals surface area contributed by atoms with Crippen LogP contribution < -0.4 is 9.21 Å². The molecule has 9 heteroatoms. The highest BCUT2D eigenvalue weighted by Crippen LogP contribution is 2.29. The number of hydrogen-bond acceptors (Lipinski definition) is 3. The Hall–Kier alpha value is -2.55. The molecule has 1 aliphatic heterocycles. The molecule has 138 valence electrons. The molecule has 0 spiro atoms. The summed E-state index contributed by atoms with van der Waals surface area (Å²) in [6.07, 6.45) is 1.37. The highest BCUT2D eigenvalue weighted by Gasteiger charge is 2.31. The quantitative estimate of drug-likeness (QED) is 0.761. The van der Waals surface area contributed by atoms with E-state index < -0.39 is 45.6 Å². The smallest absolute Gasteiger partial charge is 0.247 e. The van der Waals surface area contributed by atoms with Gasteiger partial charge >= 0.3 is 0 Å². The number of halogens is 3. The van der Waals surface area contributed by atoms with E-state index in [0.717, 1.165) is 17.9 Å². The molecule has 0 unspecified atom stereocenters.